The lowest BCUT2D eigenvalue weighted by Gasteiger charge is -2.19. The minimum Gasteiger partial charge on any atom is -0.495 e. The van der Waals surface area contributed by atoms with Gasteiger partial charge in [-0.3, -0.25) is 4.79 Å². The second-order valence-electron chi connectivity index (χ2n) is 8.32. The summed E-state index contributed by atoms with van der Waals surface area (Å²) in [6.07, 6.45) is 0. The van der Waals surface area contributed by atoms with Gasteiger partial charge in [0, 0.05) is 35.2 Å². The Kier molecular flexibility index (Phi) is 7.55. The first-order chi connectivity index (χ1) is 15.7. The number of fused-ring (bicyclic) bond motifs is 1. The number of carbonyl (C=O) groups is 2. The molecule has 0 atom stereocenters. The number of hydrogen-bond donors (Lipinski definition) is 4. The minimum atomic E-state index is -0.915. The van der Waals surface area contributed by atoms with Crippen molar-refractivity contribution in [2.75, 3.05) is 25.5 Å². The summed E-state index contributed by atoms with van der Waals surface area (Å²) in [6.45, 7) is 5.62. The molecule has 33 heavy (non-hydrogen) atoms. The second-order valence-corrected chi connectivity index (χ2v) is 8.73. The smallest absolute Gasteiger partial charge is 0.397 e. The van der Waals surface area contributed by atoms with Crippen molar-refractivity contribution in [3.05, 3.63) is 48.5 Å². The molecule has 0 aliphatic carbocycles. The van der Waals surface area contributed by atoms with Crippen molar-refractivity contribution in [2.45, 2.75) is 26.4 Å². The molecular formula is C24H28N4O4S. The van der Waals surface area contributed by atoms with Crippen molar-refractivity contribution < 1.29 is 19.1 Å². The Morgan fingerprint density at radius 3 is 2.45 bits per heavy atom. The Morgan fingerprint density at radius 1 is 1.03 bits per heavy atom. The van der Waals surface area contributed by atoms with E-state index in [0.29, 0.717) is 23.1 Å². The van der Waals surface area contributed by atoms with Gasteiger partial charge >= 0.3 is 11.9 Å². The van der Waals surface area contributed by atoms with Gasteiger partial charge in [-0.15, -0.1) is 0 Å². The highest BCUT2D eigenvalue weighted by Crippen LogP contribution is 2.31. The topological polar surface area (TPSA) is 104 Å². The van der Waals surface area contributed by atoms with Crippen LogP contribution in [0, 0.1) is 0 Å². The molecule has 0 bridgehead atoms. The normalized spacial score (nSPS) is 11.0. The van der Waals surface area contributed by atoms with Crippen LogP contribution < -0.4 is 20.7 Å². The van der Waals surface area contributed by atoms with Crippen LogP contribution in [0.4, 0.5) is 5.69 Å². The zero-order valence-corrected chi connectivity index (χ0v) is 19.9. The highest BCUT2D eigenvalue weighted by atomic mass is 32.1. The van der Waals surface area contributed by atoms with Crippen molar-refractivity contribution in [1.29, 1.82) is 0 Å². The van der Waals surface area contributed by atoms with Gasteiger partial charge in [-0.25, -0.2) is 4.79 Å². The van der Waals surface area contributed by atoms with Crippen LogP contribution in [0.5, 0.6) is 5.75 Å². The first kappa shape index (κ1) is 24.1. The Morgan fingerprint density at radius 2 is 1.76 bits per heavy atom. The van der Waals surface area contributed by atoms with Crippen LogP contribution >= 0.6 is 12.2 Å². The molecule has 0 aliphatic rings. The lowest BCUT2D eigenvalue weighted by Crippen LogP contribution is -2.41. The van der Waals surface area contributed by atoms with Crippen LogP contribution in [0.1, 0.15) is 20.8 Å². The maximum absolute atomic E-state index is 11.8. The molecule has 8 nitrogen and oxygen atoms in total. The number of anilines is 1. The number of methoxy groups -OCH3 is 1. The molecule has 1 amide bonds. The Balaban J connectivity index is 1.57. The van der Waals surface area contributed by atoms with Crippen LogP contribution in [-0.4, -0.2) is 47.8 Å². The highest BCUT2D eigenvalue weighted by Gasteiger charge is 2.22. The number of ether oxygens (including phenoxy) is 2. The van der Waals surface area contributed by atoms with Crippen LogP contribution in [0.15, 0.2) is 48.5 Å². The average Bonchev–Trinajstić information content (AvgIpc) is 3.19. The fraction of sp³-hybridized carbons (Fsp3) is 0.292. The monoisotopic (exact) mass is 468 g/mol. The van der Waals surface area contributed by atoms with Crippen LogP contribution in [-0.2, 0) is 14.3 Å². The third-order valence-electron chi connectivity index (χ3n) is 4.57. The summed E-state index contributed by atoms with van der Waals surface area (Å²) in [5.41, 5.74) is 2.98. The number of hydrogen-bond acceptors (Lipinski definition) is 5. The molecule has 3 aromatic rings. The molecule has 3 rings (SSSR count). The molecule has 0 aliphatic heterocycles. The molecule has 1 aromatic heterocycles. The number of benzene rings is 2. The maximum atomic E-state index is 11.8. The van der Waals surface area contributed by atoms with Crippen molar-refractivity contribution in [2.24, 2.45) is 0 Å². The Hall–Kier alpha value is -3.59. The molecule has 9 heteroatoms. The third-order valence-corrected chi connectivity index (χ3v) is 4.82. The van der Waals surface area contributed by atoms with E-state index in [1.807, 2.05) is 36.4 Å². The maximum Gasteiger partial charge on any atom is 0.397 e. The third kappa shape index (κ3) is 6.69. The van der Waals surface area contributed by atoms with Gasteiger partial charge < -0.3 is 30.4 Å². The summed E-state index contributed by atoms with van der Waals surface area (Å²) < 4.78 is 10.5. The van der Waals surface area contributed by atoms with Gasteiger partial charge in [-0.1, -0.05) is 18.2 Å². The Labute approximate surface area is 198 Å². The summed E-state index contributed by atoms with van der Waals surface area (Å²) in [6, 6.07) is 15.9. The summed E-state index contributed by atoms with van der Waals surface area (Å²) in [7, 11) is 1.59. The second kappa shape index (κ2) is 10.4. The van der Waals surface area contributed by atoms with Crippen LogP contribution in [0.2, 0.25) is 0 Å². The SMILES string of the molecule is COc1ccc(-c2cc3ccccc3[nH]2)cc1NC(=S)NCCNC(=O)C(=O)OC(C)(C)C. The number of aromatic nitrogens is 1. The fourth-order valence-electron chi connectivity index (χ4n) is 3.12. The van der Waals surface area contributed by atoms with Gasteiger partial charge in [0.1, 0.15) is 11.4 Å². The van der Waals surface area contributed by atoms with Gasteiger partial charge in [0.25, 0.3) is 0 Å². The predicted octanol–water partition coefficient (Wildman–Crippen LogP) is 3.59. The lowest BCUT2D eigenvalue weighted by atomic mass is 10.1. The predicted molar refractivity (Wildman–Crippen MR) is 133 cm³/mol. The molecule has 0 radical (unpaired) electrons. The zero-order valence-electron chi connectivity index (χ0n) is 19.1. The van der Waals surface area contributed by atoms with Gasteiger partial charge in [0.05, 0.1) is 12.8 Å². The van der Waals surface area contributed by atoms with Crippen LogP contribution in [0.3, 0.4) is 0 Å². The number of nitrogens with one attached hydrogen (secondary N) is 4. The molecule has 0 fully saturated rings. The molecule has 0 saturated carbocycles. The fourth-order valence-corrected chi connectivity index (χ4v) is 3.33. The molecule has 4 N–H and O–H groups in total. The van der Waals surface area contributed by atoms with Crippen molar-refractivity contribution >= 4 is 45.8 Å². The number of H-pyrrole nitrogens is 1. The van der Waals surface area contributed by atoms with E-state index in [2.05, 4.69) is 33.1 Å². The lowest BCUT2D eigenvalue weighted by molar-refractivity contribution is -0.163. The van der Waals surface area contributed by atoms with Crippen molar-refractivity contribution in [3.63, 3.8) is 0 Å². The quantitative estimate of drug-likeness (QED) is 0.190. The van der Waals surface area contributed by atoms with Gasteiger partial charge in [-0.05, 0) is 63.3 Å². The number of thiocarbonyl (C=S) groups is 1. The van der Waals surface area contributed by atoms with E-state index in [-0.39, 0.29) is 6.54 Å². The number of esters is 1. The minimum absolute atomic E-state index is 0.201. The van der Waals surface area contributed by atoms with Gasteiger partial charge in [0.15, 0.2) is 5.11 Å². The summed E-state index contributed by atoms with van der Waals surface area (Å²) in [5.74, 6) is -1.07. The summed E-state index contributed by atoms with van der Waals surface area (Å²) >= 11 is 5.37. The number of amides is 1. The Bertz CT molecular complexity index is 1130. The number of carbonyl (C=O) groups excluding carboxylic acids is 2. The van der Waals surface area contributed by atoms with Gasteiger partial charge in [-0.2, -0.15) is 0 Å². The van der Waals surface area contributed by atoms with E-state index in [1.54, 1.807) is 27.9 Å². The largest absolute Gasteiger partial charge is 0.495 e. The van der Waals surface area contributed by atoms with Crippen molar-refractivity contribution in [1.82, 2.24) is 15.6 Å². The van der Waals surface area contributed by atoms with E-state index in [4.69, 9.17) is 21.7 Å². The van der Waals surface area contributed by atoms with E-state index >= 15 is 0 Å². The number of rotatable bonds is 6. The summed E-state index contributed by atoms with van der Waals surface area (Å²) in [5, 5.41) is 10.1. The molecular weight excluding hydrogens is 440 g/mol. The van der Waals surface area contributed by atoms with Crippen molar-refractivity contribution in [3.8, 4) is 17.0 Å². The first-order valence-corrected chi connectivity index (χ1v) is 10.9. The average molecular weight is 469 g/mol. The molecule has 0 spiro atoms. The molecule has 174 valence electrons. The van der Waals surface area contributed by atoms with E-state index in [0.717, 1.165) is 22.2 Å². The van der Waals surface area contributed by atoms with Crippen LogP contribution in [0.25, 0.3) is 22.2 Å². The summed E-state index contributed by atoms with van der Waals surface area (Å²) in [4.78, 5) is 26.9. The number of aromatic amines is 1. The number of para-hydroxylation sites is 1. The molecule has 1 heterocycles. The molecule has 0 saturated heterocycles. The van der Waals surface area contributed by atoms with E-state index < -0.39 is 17.5 Å². The van der Waals surface area contributed by atoms with Gasteiger partial charge in [0.2, 0.25) is 0 Å². The van der Waals surface area contributed by atoms with E-state index in [9.17, 15) is 9.59 Å². The standard InChI is InChI=1S/C24H28N4O4S/c1-24(2,3)32-22(30)21(29)25-11-12-26-23(33)28-19-14-16(9-10-20(19)31-4)18-13-15-7-5-6-8-17(15)27-18/h5-10,13-14,27H,11-12H2,1-4H3,(H,25,29)(H2,26,28,33). The first-order valence-electron chi connectivity index (χ1n) is 10.5. The molecule has 0 unspecified atom stereocenters. The highest BCUT2D eigenvalue weighted by molar-refractivity contribution is 7.80. The molecule has 2 aromatic carbocycles. The van der Waals surface area contributed by atoms with E-state index in [1.165, 1.54) is 0 Å². The zero-order chi connectivity index (χ0) is 24.0.